The van der Waals surface area contributed by atoms with Crippen LogP contribution in [0.5, 0.6) is 0 Å². The van der Waals surface area contributed by atoms with Crippen molar-refractivity contribution in [2.45, 2.75) is 39.5 Å². The molecule has 1 unspecified atom stereocenters. The molecule has 1 fully saturated rings. The van der Waals surface area contributed by atoms with E-state index in [-0.39, 0.29) is 0 Å². The SMILES string of the molecule is CCCOC1([Si](OCC)(OCC)OCC)CO1. The lowest BCUT2D eigenvalue weighted by molar-refractivity contribution is -0.0687. The predicted molar refractivity (Wildman–Crippen MR) is 65.6 cm³/mol. The molecule has 6 heteroatoms. The van der Waals surface area contributed by atoms with Crippen molar-refractivity contribution < 1.29 is 22.8 Å². The molecule has 1 atom stereocenters. The molecule has 0 aromatic carbocycles. The summed E-state index contributed by atoms with van der Waals surface area (Å²) in [6, 6.07) is 0. The summed E-state index contributed by atoms with van der Waals surface area (Å²) in [5.74, 6) is 0. The van der Waals surface area contributed by atoms with Crippen molar-refractivity contribution in [3.63, 3.8) is 0 Å². The minimum atomic E-state index is -2.89. The maximum Gasteiger partial charge on any atom is 0.566 e. The fraction of sp³-hybridized carbons (Fsp3) is 1.00. The molecule has 0 aliphatic carbocycles. The Balaban J connectivity index is 2.78. The van der Waals surface area contributed by atoms with Crippen LogP contribution >= 0.6 is 0 Å². The van der Waals surface area contributed by atoms with Gasteiger partial charge >= 0.3 is 8.80 Å². The normalized spacial score (nSPS) is 24.0. The highest BCUT2D eigenvalue weighted by Gasteiger charge is 2.72. The molecule has 5 nitrogen and oxygen atoms in total. The van der Waals surface area contributed by atoms with Crippen molar-refractivity contribution in [1.29, 1.82) is 0 Å². The van der Waals surface area contributed by atoms with Crippen LogP contribution in [0.3, 0.4) is 0 Å². The van der Waals surface area contributed by atoms with Gasteiger partial charge in [-0.1, -0.05) is 6.92 Å². The lowest BCUT2D eigenvalue weighted by Crippen LogP contribution is -2.60. The van der Waals surface area contributed by atoms with Gasteiger partial charge in [-0.2, -0.15) is 0 Å². The molecule has 0 N–H and O–H groups in total. The maximum atomic E-state index is 5.78. The zero-order chi connectivity index (χ0) is 12.8. The number of hydrogen-bond acceptors (Lipinski definition) is 5. The number of ether oxygens (including phenoxy) is 2. The van der Waals surface area contributed by atoms with Gasteiger partial charge in [0.15, 0.2) is 0 Å². The minimum Gasteiger partial charge on any atom is -0.371 e. The summed E-state index contributed by atoms with van der Waals surface area (Å²) in [7, 11) is -2.89. The molecule has 0 spiro atoms. The van der Waals surface area contributed by atoms with E-state index in [0.29, 0.717) is 33.0 Å². The Morgan fingerprint density at radius 3 is 1.76 bits per heavy atom. The quantitative estimate of drug-likeness (QED) is 0.444. The van der Waals surface area contributed by atoms with Gasteiger partial charge in [-0.05, 0) is 27.2 Å². The highest BCUT2D eigenvalue weighted by Crippen LogP contribution is 2.40. The molecule has 1 heterocycles. The van der Waals surface area contributed by atoms with E-state index in [1.54, 1.807) is 0 Å². The van der Waals surface area contributed by atoms with Crippen LogP contribution in [0.15, 0.2) is 0 Å². The number of rotatable bonds is 10. The maximum absolute atomic E-state index is 5.78. The standard InChI is InChI=1S/C11H24O5Si/c1-5-9-12-11(10-13-11)17(14-6-2,15-7-3)16-8-4/h5-10H2,1-4H3. The van der Waals surface area contributed by atoms with E-state index < -0.39 is 14.2 Å². The first-order chi connectivity index (χ1) is 8.20. The van der Waals surface area contributed by atoms with Gasteiger partial charge < -0.3 is 22.8 Å². The predicted octanol–water partition coefficient (Wildman–Crippen LogP) is 1.73. The second-order valence-electron chi connectivity index (χ2n) is 3.75. The molecule has 102 valence electrons. The molecule has 0 bridgehead atoms. The molecule has 1 aliphatic rings. The van der Waals surface area contributed by atoms with Crippen LogP contribution in [0.1, 0.15) is 34.1 Å². The molecule has 1 rings (SSSR count). The summed E-state index contributed by atoms with van der Waals surface area (Å²) in [6.07, 6.45) is 0.931. The average molecular weight is 264 g/mol. The van der Waals surface area contributed by atoms with Crippen molar-refractivity contribution in [1.82, 2.24) is 0 Å². The molecule has 1 saturated heterocycles. The molecule has 17 heavy (non-hydrogen) atoms. The lowest BCUT2D eigenvalue weighted by Gasteiger charge is -2.32. The van der Waals surface area contributed by atoms with Gasteiger partial charge in [0.25, 0.3) is 5.41 Å². The first kappa shape index (κ1) is 15.1. The molecule has 0 aromatic heterocycles. The summed E-state index contributed by atoms with van der Waals surface area (Å²) in [5.41, 5.74) is -0.759. The van der Waals surface area contributed by atoms with Gasteiger partial charge in [-0.25, -0.2) is 0 Å². The highest BCUT2D eigenvalue weighted by molar-refractivity contribution is 6.64. The van der Waals surface area contributed by atoms with E-state index in [0.717, 1.165) is 6.42 Å². The Labute approximate surface area is 105 Å². The zero-order valence-corrected chi connectivity index (χ0v) is 12.3. The Bertz CT molecular complexity index is 203. The second kappa shape index (κ2) is 6.82. The molecule has 0 saturated carbocycles. The molecule has 0 aromatic rings. The zero-order valence-electron chi connectivity index (χ0n) is 11.3. The largest absolute Gasteiger partial charge is 0.566 e. The Morgan fingerprint density at radius 1 is 1.00 bits per heavy atom. The highest BCUT2D eigenvalue weighted by atomic mass is 28.4. The van der Waals surface area contributed by atoms with Crippen LogP contribution in [0.25, 0.3) is 0 Å². The summed E-state index contributed by atoms with van der Waals surface area (Å²) < 4.78 is 28.6. The van der Waals surface area contributed by atoms with E-state index in [1.807, 2.05) is 20.8 Å². The van der Waals surface area contributed by atoms with Crippen LogP contribution in [0.2, 0.25) is 0 Å². The van der Waals surface area contributed by atoms with Gasteiger partial charge in [0.1, 0.15) is 6.61 Å². The van der Waals surface area contributed by atoms with Crippen LogP contribution in [0.4, 0.5) is 0 Å². The molecular weight excluding hydrogens is 240 g/mol. The van der Waals surface area contributed by atoms with E-state index in [1.165, 1.54) is 0 Å². The van der Waals surface area contributed by atoms with Crippen molar-refractivity contribution in [2.75, 3.05) is 33.0 Å². The Kier molecular flexibility index (Phi) is 6.05. The van der Waals surface area contributed by atoms with Crippen molar-refractivity contribution in [3.05, 3.63) is 0 Å². The molecule has 1 aliphatic heterocycles. The van der Waals surface area contributed by atoms with Gasteiger partial charge in [0.2, 0.25) is 0 Å². The van der Waals surface area contributed by atoms with E-state index >= 15 is 0 Å². The number of epoxide rings is 1. The summed E-state index contributed by atoms with van der Waals surface area (Å²) in [4.78, 5) is 0. The van der Waals surface area contributed by atoms with Gasteiger partial charge in [0.05, 0.1) is 0 Å². The molecule has 0 radical (unpaired) electrons. The third kappa shape index (κ3) is 3.27. The minimum absolute atomic E-state index is 0.499. The third-order valence-electron chi connectivity index (χ3n) is 2.42. The van der Waals surface area contributed by atoms with E-state index in [9.17, 15) is 0 Å². The first-order valence-corrected chi connectivity index (χ1v) is 8.12. The van der Waals surface area contributed by atoms with E-state index in [4.69, 9.17) is 22.8 Å². The van der Waals surface area contributed by atoms with Crippen LogP contribution < -0.4 is 0 Å². The average Bonchev–Trinajstić information content (AvgIpc) is 3.09. The smallest absolute Gasteiger partial charge is 0.371 e. The lowest BCUT2D eigenvalue weighted by atomic mass is 10.5. The van der Waals surface area contributed by atoms with Gasteiger partial charge in [0, 0.05) is 26.4 Å². The van der Waals surface area contributed by atoms with Crippen molar-refractivity contribution in [2.24, 2.45) is 0 Å². The van der Waals surface area contributed by atoms with Gasteiger partial charge in [-0.15, -0.1) is 0 Å². The summed E-state index contributed by atoms with van der Waals surface area (Å²) in [6.45, 7) is 10.6. The fourth-order valence-electron chi connectivity index (χ4n) is 1.71. The fourth-order valence-corrected chi connectivity index (χ4v) is 4.46. The van der Waals surface area contributed by atoms with Gasteiger partial charge in [-0.3, -0.25) is 0 Å². The second-order valence-corrected chi connectivity index (χ2v) is 6.49. The van der Waals surface area contributed by atoms with Crippen molar-refractivity contribution in [3.8, 4) is 0 Å². The van der Waals surface area contributed by atoms with E-state index in [2.05, 4.69) is 6.92 Å². The molecular formula is C11H24O5Si. The monoisotopic (exact) mass is 264 g/mol. The third-order valence-corrected chi connectivity index (χ3v) is 5.79. The van der Waals surface area contributed by atoms with Crippen LogP contribution in [-0.4, -0.2) is 47.2 Å². The Morgan fingerprint density at radius 2 is 1.47 bits per heavy atom. The molecule has 0 amide bonds. The van der Waals surface area contributed by atoms with Crippen LogP contribution in [-0.2, 0) is 22.8 Å². The Hall–Kier alpha value is 0.0169. The number of hydrogen-bond donors (Lipinski definition) is 0. The first-order valence-electron chi connectivity index (χ1n) is 6.40. The summed E-state index contributed by atoms with van der Waals surface area (Å²) >= 11 is 0. The summed E-state index contributed by atoms with van der Waals surface area (Å²) in [5, 5.41) is 0. The topological polar surface area (TPSA) is 49.5 Å². The van der Waals surface area contributed by atoms with Crippen molar-refractivity contribution >= 4 is 8.80 Å². The van der Waals surface area contributed by atoms with Crippen LogP contribution in [0, 0.1) is 0 Å².